The first-order chi connectivity index (χ1) is 8.95. The summed E-state index contributed by atoms with van der Waals surface area (Å²) in [5.41, 5.74) is -0.0633. The van der Waals surface area contributed by atoms with Crippen LogP contribution in [0.4, 0.5) is 18.9 Å². The van der Waals surface area contributed by atoms with E-state index in [-0.39, 0.29) is 6.04 Å². The normalized spacial score (nSPS) is 18.1. The van der Waals surface area contributed by atoms with E-state index in [2.05, 4.69) is 21.2 Å². The molecule has 1 fully saturated rings. The SMILES string of the molecule is FC(F)(F)c1cc(Br)cc(NC2CCCCCC2)c1. The molecule has 0 radical (unpaired) electrons. The van der Waals surface area contributed by atoms with Crippen molar-refractivity contribution in [3.8, 4) is 0 Å². The summed E-state index contributed by atoms with van der Waals surface area (Å²) in [5, 5.41) is 3.24. The summed E-state index contributed by atoms with van der Waals surface area (Å²) in [4.78, 5) is 0. The third-order valence-electron chi connectivity index (χ3n) is 3.45. The molecule has 19 heavy (non-hydrogen) atoms. The van der Waals surface area contributed by atoms with E-state index in [1.807, 2.05) is 0 Å². The summed E-state index contributed by atoms with van der Waals surface area (Å²) in [6, 6.07) is 4.30. The lowest BCUT2D eigenvalue weighted by atomic mass is 10.1. The Hall–Kier alpha value is -0.710. The van der Waals surface area contributed by atoms with Crippen molar-refractivity contribution in [3.05, 3.63) is 28.2 Å². The van der Waals surface area contributed by atoms with Crippen molar-refractivity contribution in [3.63, 3.8) is 0 Å². The number of benzene rings is 1. The van der Waals surface area contributed by atoms with Crippen molar-refractivity contribution >= 4 is 21.6 Å². The second-order valence-electron chi connectivity index (χ2n) is 5.06. The molecule has 0 atom stereocenters. The maximum atomic E-state index is 12.7. The van der Waals surface area contributed by atoms with Crippen LogP contribution in [0.3, 0.4) is 0 Å². The van der Waals surface area contributed by atoms with Gasteiger partial charge in [-0.15, -0.1) is 0 Å². The van der Waals surface area contributed by atoms with Crippen LogP contribution >= 0.6 is 15.9 Å². The first-order valence-corrected chi connectivity index (χ1v) is 7.39. The largest absolute Gasteiger partial charge is 0.416 e. The number of nitrogens with one attached hydrogen (secondary N) is 1. The zero-order chi connectivity index (χ0) is 13.9. The molecule has 0 spiro atoms. The monoisotopic (exact) mass is 335 g/mol. The minimum Gasteiger partial charge on any atom is -0.382 e. The van der Waals surface area contributed by atoms with Crippen molar-refractivity contribution in [2.45, 2.75) is 50.7 Å². The molecule has 2 rings (SSSR count). The Balaban J connectivity index is 2.13. The van der Waals surface area contributed by atoms with E-state index in [0.29, 0.717) is 10.2 Å². The van der Waals surface area contributed by atoms with E-state index in [4.69, 9.17) is 0 Å². The smallest absolute Gasteiger partial charge is 0.382 e. The number of halogens is 4. The highest BCUT2D eigenvalue weighted by atomic mass is 79.9. The van der Waals surface area contributed by atoms with Gasteiger partial charge in [-0.1, -0.05) is 41.6 Å². The van der Waals surface area contributed by atoms with Gasteiger partial charge in [0.15, 0.2) is 0 Å². The van der Waals surface area contributed by atoms with Crippen LogP contribution in [-0.4, -0.2) is 6.04 Å². The maximum Gasteiger partial charge on any atom is 0.416 e. The molecule has 1 N–H and O–H groups in total. The molecule has 5 heteroatoms. The van der Waals surface area contributed by atoms with Gasteiger partial charge in [-0.25, -0.2) is 0 Å². The standard InChI is InChI=1S/C14H17BrF3N/c15-11-7-10(14(16,17)18)8-13(9-11)19-12-5-3-1-2-4-6-12/h7-9,12,19H,1-6H2. The molecule has 1 aromatic carbocycles. The molecule has 1 saturated carbocycles. The van der Waals surface area contributed by atoms with E-state index in [1.165, 1.54) is 18.9 Å². The van der Waals surface area contributed by atoms with E-state index in [1.54, 1.807) is 6.07 Å². The van der Waals surface area contributed by atoms with Gasteiger partial charge in [0.2, 0.25) is 0 Å². The van der Waals surface area contributed by atoms with Gasteiger partial charge in [0.05, 0.1) is 5.56 Å². The molecule has 106 valence electrons. The lowest BCUT2D eigenvalue weighted by Gasteiger charge is -2.19. The van der Waals surface area contributed by atoms with Gasteiger partial charge in [0.1, 0.15) is 0 Å². The fourth-order valence-electron chi connectivity index (χ4n) is 2.50. The topological polar surface area (TPSA) is 12.0 Å². The van der Waals surface area contributed by atoms with Crippen LogP contribution in [0.1, 0.15) is 44.1 Å². The third kappa shape index (κ3) is 4.41. The summed E-state index contributed by atoms with van der Waals surface area (Å²) in [5.74, 6) is 0. The maximum absolute atomic E-state index is 12.7. The van der Waals surface area contributed by atoms with Crippen molar-refractivity contribution in [1.82, 2.24) is 0 Å². The van der Waals surface area contributed by atoms with Crippen LogP contribution in [0.15, 0.2) is 22.7 Å². The molecule has 0 amide bonds. The molecule has 0 heterocycles. The quantitative estimate of drug-likeness (QED) is 0.693. The van der Waals surface area contributed by atoms with Gasteiger partial charge >= 0.3 is 6.18 Å². The number of hydrogen-bond acceptors (Lipinski definition) is 1. The molecule has 0 bridgehead atoms. The Morgan fingerprint density at radius 2 is 1.63 bits per heavy atom. The van der Waals surface area contributed by atoms with Crippen LogP contribution in [-0.2, 0) is 6.18 Å². The molecule has 0 aromatic heterocycles. The molecule has 0 aliphatic heterocycles. The van der Waals surface area contributed by atoms with Crippen LogP contribution in [0.25, 0.3) is 0 Å². The van der Waals surface area contributed by atoms with Crippen molar-refractivity contribution in [1.29, 1.82) is 0 Å². The molecule has 1 aliphatic carbocycles. The molecule has 1 aromatic rings. The van der Waals surface area contributed by atoms with Gasteiger partial charge in [-0.2, -0.15) is 13.2 Å². The molecule has 1 nitrogen and oxygen atoms in total. The van der Waals surface area contributed by atoms with Crippen LogP contribution in [0, 0.1) is 0 Å². The highest BCUT2D eigenvalue weighted by Gasteiger charge is 2.31. The summed E-state index contributed by atoms with van der Waals surface area (Å²) in [6.07, 6.45) is 2.52. The Labute approximate surface area is 119 Å². The van der Waals surface area contributed by atoms with Crippen molar-refractivity contribution in [2.24, 2.45) is 0 Å². The second-order valence-corrected chi connectivity index (χ2v) is 5.97. The molecular formula is C14H17BrF3N. The number of anilines is 1. The zero-order valence-corrected chi connectivity index (χ0v) is 12.1. The minimum absolute atomic E-state index is 0.290. The third-order valence-corrected chi connectivity index (χ3v) is 3.91. The molecule has 0 unspecified atom stereocenters. The van der Waals surface area contributed by atoms with E-state index in [9.17, 15) is 13.2 Å². The summed E-state index contributed by atoms with van der Waals surface area (Å²) in [7, 11) is 0. The summed E-state index contributed by atoms with van der Waals surface area (Å²) >= 11 is 3.15. The average molecular weight is 336 g/mol. The Kier molecular flexibility index (Phi) is 4.76. The van der Waals surface area contributed by atoms with Crippen molar-refractivity contribution < 1.29 is 13.2 Å². The lowest BCUT2D eigenvalue weighted by Crippen LogP contribution is -2.18. The van der Waals surface area contributed by atoms with Gasteiger partial charge in [0.25, 0.3) is 0 Å². The summed E-state index contributed by atoms with van der Waals surface area (Å²) < 4.78 is 38.7. The second kappa shape index (κ2) is 6.16. The first-order valence-electron chi connectivity index (χ1n) is 6.59. The fraction of sp³-hybridized carbons (Fsp3) is 0.571. The van der Waals surface area contributed by atoms with E-state index < -0.39 is 11.7 Å². The molecule has 1 aliphatic rings. The molecular weight excluding hydrogens is 319 g/mol. The van der Waals surface area contributed by atoms with Gasteiger partial charge in [0, 0.05) is 16.2 Å². The number of alkyl halides is 3. The molecule has 0 saturated heterocycles. The minimum atomic E-state index is -4.30. The zero-order valence-electron chi connectivity index (χ0n) is 10.6. The fourth-order valence-corrected chi connectivity index (χ4v) is 2.99. The Morgan fingerprint density at radius 3 is 2.21 bits per heavy atom. The van der Waals surface area contributed by atoms with E-state index >= 15 is 0 Å². The van der Waals surface area contributed by atoms with Gasteiger partial charge < -0.3 is 5.32 Å². The van der Waals surface area contributed by atoms with Gasteiger partial charge in [-0.3, -0.25) is 0 Å². The van der Waals surface area contributed by atoms with Crippen LogP contribution < -0.4 is 5.32 Å². The van der Waals surface area contributed by atoms with E-state index in [0.717, 1.165) is 31.7 Å². The Morgan fingerprint density at radius 1 is 1.00 bits per heavy atom. The highest BCUT2D eigenvalue weighted by molar-refractivity contribution is 9.10. The van der Waals surface area contributed by atoms with Crippen LogP contribution in [0.2, 0.25) is 0 Å². The van der Waals surface area contributed by atoms with Crippen LogP contribution in [0.5, 0.6) is 0 Å². The Bertz CT molecular complexity index is 423. The summed E-state index contributed by atoms with van der Waals surface area (Å²) in [6.45, 7) is 0. The predicted octanol–water partition coefficient (Wildman–Crippen LogP) is 5.60. The first kappa shape index (κ1) is 14.7. The number of rotatable bonds is 2. The lowest BCUT2D eigenvalue weighted by molar-refractivity contribution is -0.137. The van der Waals surface area contributed by atoms with Gasteiger partial charge in [-0.05, 0) is 31.0 Å². The highest BCUT2D eigenvalue weighted by Crippen LogP contribution is 2.34. The number of hydrogen-bond donors (Lipinski definition) is 1. The van der Waals surface area contributed by atoms with Crippen molar-refractivity contribution in [2.75, 3.05) is 5.32 Å². The predicted molar refractivity (Wildman–Crippen MR) is 74.3 cm³/mol. The average Bonchev–Trinajstić information content (AvgIpc) is 2.55.